The number of para-hydroxylation sites is 2. The minimum atomic E-state index is -0.102. The van der Waals surface area contributed by atoms with Gasteiger partial charge in [0.05, 0.1) is 16.5 Å². The molecule has 0 saturated heterocycles. The lowest BCUT2D eigenvalue weighted by Crippen LogP contribution is -2.17. The highest BCUT2D eigenvalue weighted by atomic mass is 35.5. The molecular formula is C25H19ClN2O2. The van der Waals surface area contributed by atoms with Crippen LogP contribution in [0, 0.1) is 6.92 Å². The van der Waals surface area contributed by atoms with Gasteiger partial charge in [0.2, 0.25) is 5.88 Å². The number of hydrogen-bond donors (Lipinski definition) is 1. The molecule has 0 bridgehead atoms. The van der Waals surface area contributed by atoms with Crippen molar-refractivity contribution in [2.45, 2.75) is 6.92 Å². The molecule has 3 aromatic carbocycles. The first-order valence-electron chi connectivity index (χ1n) is 9.67. The van der Waals surface area contributed by atoms with E-state index < -0.39 is 0 Å². The van der Waals surface area contributed by atoms with Crippen LogP contribution in [0.25, 0.3) is 33.0 Å². The van der Waals surface area contributed by atoms with E-state index in [-0.39, 0.29) is 5.56 Å². The maximum Gasteiger partial charge on any atom is 0.262 e. The second-order valence-corrected chi connectivity index (χ2v) is 7.77. The normalized spacial score (nSPS) is 11.3. The summed E-state index contributed by atoms with van der Waals surface area (Å²) in [5.41, 5.74) is 4.90. The van der Waals surface area contributed by atoms with E-state index in [1.807, 2.05) is 79.7 Å². The van der Waals surface area contributed by atoms with E-state index in [0.717, 1.165) is 33.3 Å². The van der Waals surface area contributed by atoms with Gasteiger partial charge in [0.15, 0.2) is 5.58 Å². The highest BCUT2D eigenvalue weighted by Crippen LogP contribution is 2.41. The summed E-state index contributed by atoms with van der Waals surface area (Å²) in [6.45, 7) is 2.03. The van der Waals surface area contributed by atoms with Crippen molar-refractivity contribution in [1.82, 2.24) is 4.57 Å². The van der Waals surface area contributed by atoms with Gasteiger partial charge in [0, 0.05) is 23.1 Å². The maximum absolute atomic E-state index is 13.4. The number of halogens is 1. The molecule has 0 spiro atoms. The molecule has 0 aliphatic heterocycles. The zero-order valence-electron chi connectivity index (χ0n) is 16.6. The van der Waals surface area contributed by atoms with Gasteiger partial charge in [-0.2, -0.15) is 0 Å². The Kier molecular flexibility index (Phi) is 4.37. The molecular weight excluding hydrogens is 396 g/mol. The Hall–Kier alpha value is -3.50. The highest BCUT2D eigenvalue weighted by Gasteiger charge is 2.23. The average molecular weight is 415 g/mol. The monoisotopic (exact) mass is 414 g/mol. The lowest BCUT2D eigenvalue weighted by molar-refractivity contribution is 0.637. The predicted molar refractivity (Wildman–Crippen MR) is 124 cm³/mol. The third-order valence-electron chi connectivity index (χ3n) is 5.46. The molecule has 0 atom stereocenters. The second-order valence-electron chi connectivity index (χ2n) is 7.34. The van der Waals surface area contributed by atoms with Crippen LogP contribution in [-0.2, 0) is 7.05 Å². The Bertz CT molecular complexity index is 1460. The van der Waals surface area contributed by atoms with Crippen molar-refractivity contribution in [2.75, 3.05) is 5.32 Å². The molecule has 4 nitrogen and oxygen atoms in total. The summed E-state index contributed by atoms with van der Waals surface area (Å²) >= 11 is 6.11. The molecule has 2 heterocycles. The van der Waals surface area contributed by atoms with Crippen molar-refractivity contribution in [2.24, 2.45) is 7.05 Å². The van der Waals surface area contributed by atoms with Crippen molar-refractivity contribution in [3.05, 3.63) is 93.7 Å². The van der Waals surface area contributed by atoms with Crippen LogP contribution >= 0.6 is 11.6 Å². The number of nitrogens with one attached hydrogen (secondary N) is 1. The summed E-state index contributed by atoms with van der Waals surface area (Å²) < 4.78 is 8.01. The molecule has 0 aliphatic carbocycles. The number of fused-ring (bicyclic) bond motifs is 3. The number of hydrogen-bond acceptors (Lipinski definition) is 3. The van der Waals surface area contributed by atoms with E-state index in [9.17, 15) is 4.79 Å². The summed E-state index contributed by atoms with van der Waals surface area (Å²) in [7, 11) is 1.79. The van der Waals surface area contributed by atoms with Gasteiger partial charge in [-0.15, -0.1) is 0 Å². The van der Waals surface area contributed by atoms with Gasteiger partial charge >= 0.3 is 0 Å². The van der Waals surface area contributed by atoms with E-state index in [0.29, 0.717) is 21.9 Å². The predicted octanol–water partition coefficient (Wildman–Crippen LogP) is 6.66. The first-order chi connectivity index (χ1) is 14.5. The fraction of sp³-hybridized carbons (Fsp3) is 0.0800. The zero-order chi connectivity index (χ0) is 20.8. The number of nitrogens with zero attached hydrogens (tertiary/aromatic N) is 1. The number of aryl methyl sites for hydroxylation is 2. The van der Waals surface area contributed by atoms with Crippen molar-refractivity contribution in [3.63, 3.8) is 0 Å². The van der Waals surface area contributed by atoms with Crippen molar-refractivity contribution >= 4 is 45.0 Å². The van der Waals surface area contributed by atoms with Gasteiger partial charge in [-0.25, -0.2) is 0 Å². The third-order valence-corrected chi connectivity index (χ3v) is 5.71. The number of benzene rings is 3. The minimum Gasteiger partial charge on any atom is -0.439 e. The number of anilines is 2. The molecule has 0 aliphatic rings. The quantitative estimate of drug-likeness (QED) is 0.359. The molecule has 5 aromatic rings. The third kappa shape index (κ3) is 2.88. The van der Waals surface area contributed by atoms with E-state index >= 15 is 0 Å². The molecule has 5 heteroatoms. The van der Waals surface area contributed by atoms with Crippen LogP contribution in [0.3, 0.4) is 0 Å². The summed E-state index contributed by atoms with van der Waals surface area (Å²) in [6, 6.07) is 23.2. The van der Waals surface area contributed by atoms with Gasteiger partial charge in [-0.3, -0.25) is 4.79 Å². The van der Waals surface area contributed by atoms with E-state index in [2.05, 4.69) is 5.32 Å². The summed E-state index contributed by atoms with van der Waals surface area (Å²) in [4.78, 5) is 13.4. The molecule has 148 valence electrons. The van der Waals surface area contributed by atoms with E-state index in [1.54, 1.807) is 11.6 Å². The first-order valence-corrected chi connectivity index (χ1v) is 10.0. The topological polar surface area (TPSA) is 47.2 Å². The lowest BCUT2D eigenvalue weighted by atomic mass is 10.0. The SMILES string of the molecule is Cc1ccccc1Nc1oc2c(c1-c1ccc(Cl)cc1)c(=O)n(C)c1ccccc21. The van der Waals surface area contributed by atoms with Crippen LogP contribution in [0.1, 0.15) is 5.56 Å². The largest absolute Gasteiger partial charge is 0.439 e. The van der Waals surface area contributed by atoms with Crippen LogP contribution in [0.5, 0.6) is 0 Å². The van der Waals surface area contributed by atoms with Crippen LogP contribution in [-0.4, -0.2) is 4.57 Å². The standard InChI is InChI=1S/C25H19ClN2O2/c1-15-7-3-5-9-19(15)27-24-21(16-11-13-17(26)14-12-16)22-23(30-24)18-8-4-6-10-20(18)28(2)25(22)29/h3-14,27H,1-2H3. The van der Waals surface area contributed by atoms with E-state index in [4.69, 9.17) is 16.0 Å². The molecule has 5 rings (SSSR count). The van der Waals surface area contributed by atoms with Crippen molar-refractivity contribution in [1.29, 1.82) is 0 Å². The molecule has 1 N–H and O–H groups in total. The zero-order valence-corrected chi connectivity index (χ0v) is 17.3. The Morgan fingerprint density at radius 1 is 0.933 bits per heavy atom. The van der Waals surface area contributed by atoms with E-state index in [1.165, 1.54) is 0 Å². The molecule has 30 heavy (non-hydrogen) atoms. The Morgan fingerprint density at radius 2 is 1.63 bits per heavy atom. The Morgan fingerprint density at radius 3 is 2.40 bits per heavy atom. The number of furan rings is 1. The molecule has 0 saturated carbocycles. The fourth-order valence-electron chi connectivity index (χ4n) is 3.88. The van der Waals surface area contributed by atoms with Gasteiger partial charge in [-0.1, -0.05) is 54.1 Å². The Balaban J connectivity index is 1.89. The van der Waals surface area contributed by atoms with Gasteiger partial charge in [0.1, 0.15) is 0 Å². The van der Waals surface area contributed by atoms with Gasteiger partial charge in [-0.05, 0) is 48.4 Å². The van der Waals surface area contributed by atoms with Crippen LogP contribution < -0.4 is 10.9 Å². The molecule has 0 unspecified atom stereocenters. The van der Waals surface area contributed by atoms with Crippen molar-refractivity contribution in [3.8, 4) is 11.1 Å². The lowest BCUT2D eigenvalue weighted by Gasteiger charge is -2.09. The number of aromatic nitrogens is 1. The summed E-state index contributed by atoms with van der Waals surface area (Å²) in [5, 5.41) is 5.49. The number of pyridine rings is 1. The average Bonchev–Trinajstić information content (AvgIpc) is 3.14. The smallest absolute Gasteiger partial charge is 0.262 e. The van der Waals surface area contributed by atoms with Crippen molar-refractivity contribution < 1.29 is 4.42 Å². The minimum absolute atomic E-state index is 0.102. The highest BCUT2D eigenvalue weighted by molar-refractivity contribution is 6.30. The Labute approximate surface area is 178 Å². The van der Waals surface area contributed by atoms with Crippen LogP contribution in [0.15, 0.2) is 82.0 Å². The first kappa shape index (κ1) is 18.5. The number of rotatable bonds is 3. The molecule has 0 amide bonds. The van der Waals surface area contributed by atoms with Crippen LogP contribution in [0.4, 0.5) is 11.6 Å². The molecule has 2 aromatic heterocycles. The summed E-state index contributed by atoms with van der Waals surface area (Å²) in [6.07, 6.45) is 0. The second kappa shape index (κ2) is 7.08. The molecule has 0 radical (unpaired) electrons. The van der Waals surface area contributed by atoms with Crippen LogP contribution in [0.2, 0.25) is 5.02 Å². The fourth-order valence-corrected chi connectivity index (χ4v) is 4.00. The molecule has 0 fully saturated rings. The maximum atomic E-state index is 13.4. The van der Waals surface area contributed by atoms with Gasteiger partial charge < -0.3 is 14.3 Å². The summed E-state index contributed by atoms with van der Waals surface area (Å²) in [5.74, 6) is 0.537. The van der Waals surface area contributed by atoms with Gasteiger partial charge in [0.25, 0.3) is 5.56 Å².